The molecule has 2 atom stereocenters. The lowest BCUT2D eigenvalue weighted by molar-refractivity contribution is 0.0993. The maximum Gasteiger partial charge on any atom is 0.369 e. The van der Waals surface area contributed by atoms with Gasteiger partial charge in [-0.15, -0.1) is 0 Å². The van der Waals surface area contributed by atoms with Crippen LogP contribution in [0.25, 0.3) is 0 Å². The number of hydrogen-bond donors (Lipinski definition) is 5. The van der Waals surface area contributed by atoms with Crippen molar-refractivity contribution < 1.29 is 33.8 Å². The van der Waals surface area contributed by atoms with Gasteiger partial charge >= 0.3 is 15.2 Å². The molecule has 126 valence electrons. The minimum Gasteiger partial charge on any atom is -0.367 e. The van der Waals surface area contributed by atoms with E-state index in [1.54, 1.807) is 0 Å². The molecule has 0 aromatic rings. The summed E-state index contributed by atoms with van der Waals surface area (Å²) in [5.41, 5.74) is 0. The quantitative estimate of drug-likeness (QED) is 0.429. The highest BCUT2D eigenvalue weighted by molar-refractivity contribution is 7.72. The summed E-state index contributed by atoms with van der Waals surface area (Å²) in [6.07, 6.45) is 2.16. The Morgan fingerprint density at radius 1 is 1.24 bits per heavy atom. The Morgan fingerprint density at radius 2 is 1.76 bits per heavy atom. The van der Waals surface area contributed by atoms with Crippen molar-refractivity contribution in [3.8, 4) is 0 Å². The highest BCUT2D eigenvalue weighted by Gasteiger charge is 2.59. The zero-order valence-corrected chi connectivity index (χ0v) is 14.1. The van der Waals surface area contributed by atoms with Crippen LogP contribution < -0.4 is 0 Å². The normalized spacial score (nSPS) is 23.5. The summed E-state index contributed by atoms with van der Waals surface area (Å²) in [4.78, 5) is 38.4. The molecule has 0 amide bonds. The van der Waals surface area contributed by atoms with Gasteiger partial charge in [0.2, 0.25) is 0 Å². The average Bonchev–Trinajstić information content (AvgIpc) is 2.80. The van der Waals surface area contributed by atoms with E-state index >= 15 is 0 Å². The molecule has 1 aliphatic heterocycles. The van der Waals surface area contributed by atoms with E-state index in [4.69, 9.17) is 19.6 Å². The molecule has 0 aromatic heterocycles. The molecule has 0 bridgehead atoms. The third-order valence-corrected chi connectivity index (χ3v) is 8.26. The van der Waals surface area contributed by atoms with Gasteiger partial charge in [-0.25, -0.2) is 0 Å². The Bertz CT molecular complexity index is 424. The van der Waals surface area contributed by atoms with Crippen molar-refractivity contribution >= 4 is 15.2 Å². The van der Waals surface area contributed by atoms with Crippen LogP contribution in [0, 0.1) is 5.92 Å². The lowest BCUT2D eigenvalue weighted by Crippen LogP contribution is -2.39. The maximum atomic E-state index is 11.3. The van der Waals surface area contributed by atoms with Gasteiger partial charge in [0.05, 0.1) is 0 Å². The Labute approximate surface area is 124 Å². The molecule has 0 radical (unpaired) electrons. The van der Waals surface area contributed by atoms with Crippen LogP contribution in [-0.2, 0) is 9.13 Å². The van der Waals surface area contributed by atoms with Crippen molar-refractivity contribution in [3.05, 3.63) is 0 Å². The number of likely N-dealkylation sites (tertiary alicyclic amines) is 1. The Kier molecular flexibility index (Phi) is 6.21. The number of nitrogens with zero attached hydrogens (tertiary/aromatic N) is 1. The van der Waals surface area contributed by atoms with E-state index in [1.165, 1.54) is 0 Å². The SMILES string of the molecule is CCC(C)C1CCCN1CCC(O)(P(=O)(O)O)P(=O)(O)O. The summed E-state index contributed by atoms with van der Waals surface area (Å²) in [5.74, 6) is 0.380. The van der Waals surface area contributed by atoms with Gasteiger partial charge in [-0.2, -0.15) is 0 Å². The molecule has 1 fully saturated rings. The van der Waals surface area contributed by atoms with Crippen LogP contribution in [0.5, 0.6) is 0 Å². The summed E-state index contributed by atoms with van der Waals surface area (Å²) >= 11 is 0. The topological polar surface area (TPSA) is 139 Å². The molecule has 1 heterocycles. The first-order valence-corrected chi connectivity index (χ1v) is 10.2. The molecule has 0 saturated carbocycles. The molecular formula is C11H25NO7P2. The predicted molar refractivity (Wildman–Crippen MR) is 77.7 cm³/mol. The third-order valence-electron chi connectivity index (χ3n) is 4.38. The fraction of sp³-hybridized carbons (Fsp3) is 1.00. The summed E-state index contributed by atoms with van der Waals surface area (Å²) in [6, 6.07) is 0.216. The van der Waals surface area contributed by atoms with Crippen LogP contribution in [0.1, 0.15) is 39.5 Å². The van der Waals surface area contributed by atoms with Crippen LogP contribution in [0.2, 0.25) is 0 Å². The monoisotopic (exact) mass is 345 g/mol. The molecule has 1 aliphatic rings. The fourth-order valence-corrected chi connectivity index (χ4v) is 4.94. The smallest absolute Gasteiger partial charge is 0.367 e. The van der Waals surface area contributed by atoms with Gasteiger partial charge in [0.1, 0.15) is 0 Å². The van der Waals surface area contributed by atoms with E-state index in [-0.39, 0.29) is 12.6 Å². The largest absolute Gasteiger partial charge is 0.369 e. The Morgan fingerprint density at radius 3 is 2.19 bits per heavy atom. The molecule has 0 aliphatic carbocycles. The van der Waals surface area contributed by atoms with Crippen LogP contribution in [0.4, 0.5) is 0 Å². The van der Waals surface area contributed by atoms with Gasteiger partial charge < -0.3 is 24.7 Å². The van der Waals surface area contributed by atoms with Gasteiger partial charge in [-0.1, -0.05) is 20.3 Å². The summed E-state index contributed by atoms with van der Waals surface area (Å²) < 4.78 is 22.6. The highest BCUT2D eigenvalue weighted by atomic mass is 31.2. The second-order valence-electron chi connectivity index (χ2n) is 5.74. The predicted octanol–water partition coefficient (Wildman–Crippen LogP) is 0.889. The van der Waals surface area contributed by atoms with E-state index in [9.17, 15) is 14.2 Å². The standard InChI is InChI=1S/C11H25NO7P2/c1-3-9(2)10-5-4-7-12(10)8-6-11(13,20(14,15)16)21(17,18)19/h9-10,13H,3-8H2,1-2H3,(H2,14,15,16)(H2,17,18,19). The van der Waals surface area contributed by atoms with Gasteiger partial charge in [0, 0.05) is 19.0 Å². The number of aliphatic hydroxyl groups is 1. The first kappa shape index (κ1) is 19.3. The summed E-state index contributed by atoms with van der Waals surface area (Å²) in [6.45, 7) is 4.86. The van der Waals surface area contributed by atoms with E-state index < -0.39 is 26.7 Å². The van der Waals surface area contributed by atoms with Crippen molar-refractivity contribution in [2.75, 3.05) is 13.1 Å². The first-order chi connectivity index (χ1) is 9.44. The van der Waals surface area contributed by atoms with Crippen molar-refractivity contribution in [3.63, 3.8) is 0 Å². The second kappa shape index (κ2) is 6.77. The molecule has 1 saturated heterocycles. The van der Waals surface area contributed by atoms with Gasteiger partial charge in [-0.3, -0.25) is 14.0 Å². The maximum absolute atomic E-state index is 11.3. The molecule has 8 nitrogen and oxygen atoms in total. The third kappa shape index (κ3) is 4.15. The summed E-state index contributed by atoms with van der Waals surface area (Å²) in [5, 5.41) is 6.57. The molecule has 5 N–H and O–H groups in total. The van der Waals surface area contributed by atoms with Crippen molar-refractivity contribution in [2.24, 2.45) is 5.92 Å². The number of rotatable bonds is 7. The van der Waals surface area contributed by atoms with Crippen LogP contribution in [0.15, 0.2) is 0 Å². The van der Waals surface area contributed by atoms with Crippen LogP contribution >= 0.6 is 15.2 Å². The zero-order chi connectivity index (χ0) is 16.5. The second-order valence-corrected chi connectivity index (χ2v) is 9.75. The van der Waals surface area contributed by atoms with Crippen molar-refractivity contribution in [1.82, 2.24) is 4.90 Å². The lowest BCUT2D eigenvalue weighted by Gasteiger charge is -2.34. The Balaban J connectivity index is 2.84. The Hall–Kier alpha value is 0.220. The van der Waals surface area contributed by atoms with E-state index in [2.05, 4.69) is 6.92 Å². The minimum absolute atomic E-state index is 0.0434. The van der Waals surface area contributed by atoms with E-state index in [0.29, 0.717) is 12.5 Å². The molecule has 0 spiro atoms. The van der Waals surface area contributed by atoms with Crippen LogP contribution in [-0.4, -0.2) is 53.8 Å². The molecule has 1 rings (SSSR count). The molecule has 10 heteroatoms. The zero-order valence-electron chi connectivity index (χ0n) is 12.3. The lowest BCUT2D eigenvalue weighted by atomic mass is 9.97. The van der Waals surface area contributed by atoms with Gasteiger partial charge in [-0.05, 0) is 25.3 Å². The summed E-state index contributed by atoms with van der Waals surface area (Å²) in [7, 11) is -10.7. The fourth-order valence-electron chi connectivity index (χ4n) is 2.80. The molecular weight excluding hydrogens is 320 g/mol. The van der Waals surface area contributed by atoms with Gasteiger partial charge in [0.25, 0.3) is 5.08 Å². The van der Waals surface area contributed by atoms with Crippen molar-refractivity contribution in [2.45, 2.75) is 50.7 Å². The highest BCUT2D eigenvalue weighted by Crippen LogP contribution is 2.68. The molecule has 0 aromatic carbocycles. The van der Waals surface area contributed by atoms with E-state index in [0.717, 1.165) is 19.3 Å². The van der Waals surface area contributed by atoms with Gasteiger partial charge in [0.15, 0.2) is 0 Å². The molecule has 21 heavy (non-hydrogen) atoms. The average molecular weight is 345 g/mol. The van der Waals surface area contributed by atoms with Crippen molar-refractivity contribution in [1.29, 1.82) is 0 Å². The minimum atomic E-state index is -5.35. The first-order valence-electron chi connectivity index (χ1n) is 7.01. The number of hydrogen-bond acceptors (Lipinski definition) is 4. The van der Waals surface area contributed by atoms with E-state index in [1.807, 2.05) is 11.8 Å². The molecule has 2 unspecified atom stereocenters. The van der Waals surface area contributed by atoms with Crippen LogP contribution in [0.3, 0.4) is 0 Å².